The minimum Gasteiger partial charge on any atom is -0.388 e. The summed E-state index contributed by atoms with van der Waals surface area (Å²) in [6.45, 7) is 4.21. The molecule has 2 aromatic carbocycles. The summed E-state index contributed by atoms with van der Waals surface area (Å²) in [7, 11) is 0. The molecule has 190 valence electrons. The molecule has 1 heterocycles. The zero-order chi connectivity index (χ0) is 25.7. The molecule has 2 nitrogen and oxygen atoms in total. The highest BCUT2D eigenvalue weighted by molar-refractivity contribution is 5.75. The van der Waals surface area contributed by atoms with Gasteiger partial charge in [0.25, 0.3) is 0 Å². The number of aromatic nitrogens is 1. The molecule has 1 saturated carbocycles. The number of rotatable bonds is 4. The molecule has 1 N–H and O–H groups in total. The van der Waals surface area contributed by atoms with Crippen LogP contribution in [0.2, 0.25) is 0 Å². The molecule has 2 aliphatic rings. The topological polar surface area (TPSA) is 33.1 Å². The summed E-state index contributed by atoms with van der Waals surface area (Å²) in [6, 6.07) is 13.8. The monoisotopic (exact) mass is 497 g/mol. The van der Waals surface area contributed by atoms with E-state index in [4.69, 9.17) is 4.98 Å². The van der Waals surface area contributed by atoms with Crippen molar-refractivity contribution >= 4 is 0 Å². The standard InChI is InChI=1S/C30H31F4NO/c1-29(2)16-22-25(23(36)17-29)24(18-8-4-3-5-9-18)26(28(35-22)20-10-6-7-11-20)27(31)19-12-14-21(15-13-19)30(32,33)34/h3-5,8-9,12-15,20,23,27,36H,6-7,10-11,16-17H2,1-2H3/t23-,27-/m0/s1. The first-order valence-corrected chi connectivity index (χ1v) is 12.7. The molecule has 6 heteroatoms. The van der Waals surface area contributed by atoms with Crippen LogP contribution in [0.3, 0.4) is 0 Å². The molecule has 0 saturated heterocycles. The molecule has 0 bridgehead atoms. The summed E-state index contributed by atoms with van der Waals surface area (Å²) in [5.74, 6) is 0.0858. The first-order valence-electron chi connectivity index (χ1n) is 12.7. The van der Waals surface area contributed by atoms with E-state index in [1.54, 1.807) is 0 Å². The van der Waals surface area contributed by atoms with E-state index in [0.717, 1.165) is 49.1 Å². The summed E-state index contributed by atoms with van der Waals surface area (Å²) in [5, 5.41) is 11.3. The van der Waals surface area contributed by atoms with E-state index in [1.807, 2.05) is 30.3 Å². The van der Waals surface area contributed by atoms with Crippen LogP contribution in [0, 0.1) is 5.41 Å². The van der Waals surface area contributed by atoms with Crippen molar-refractivity contribution in [3.8, 4) is 11.1 Å². The molecule has 0 radical (unpaired) electrons. The SMILES string of the molecule is CC1(C)Cc2nc(C3CCCC3)c([C@@H](F)c3ccc(C(F)(F)F)cc3)c(-c3ccccc3)c2[C@@H](O)C1. The number of halogens is 4. The van der Waals surface area contributed by atoms with Crippen molar-refractivity contribution in [1.29, 1.82) is 0 Å². The number of alkyl halides is 4. The van der Waals surface area contributed by atoms with Crippen molar-refractivity contribution < 1.29 is 22.7 Å². The average Bonchev–Trinajstić information content (AvgIpc) is 3.37. The molecule has 1 fully saturated rings. The van der Waals surface area contributed by atoms with Crippen molar-refractivity contribution in [2.24, 2.45) is 5.41 Å². The lowest BCUT2D eigenvalue weighted by Gasteiger charge is -2.37. The fraction of sp³-hybridized carbons (Fsp3) is 0.433. The molecule has 0 amide bonds. The molecule has 0 spiro atoms. The summed E-state index contributed by atoms with van der Waals surface area (Å²) in [6.07, 6.45) is -1.88. The zero-order valence-corrected chi connectivity index (χ0v) is 20.6. The molecule has 1 aromatic heterocycles. The lowest BCUT2D eigenvalue weighted by Crippen LogP contribution is -2.29. The predicted octanol–water partition coefficient (Wildman–Crippen LogP) is 8.49. The van der Waals surface area contributed by atoms with Crippen molar-refractivity contribution in [2.45, 2.75) is 76.7 Å². The first-order chi connectivity index (χ1) is 17.0. The van der Waals surface area contributed by atoms with Gasteiger partial charge in [-0.15, -0.1) is 0 Å². The number of hydrogen-bond acceptors (Lipinski definition) is 2. The minimum atomic E-state index is -4.49. The Balaban J connectivity index is 1.76. The van der Waals surface area contributed by atoms with E-state index in [-0.39, 0.29) is 16.9 Å². The highest BCUT2D eigenvalue weighted by atomic mass is 19.4. The molecular formula is C30H31F4NO. The number of hydrogen-bond donors (Lipinski definition) is 1. The highest BCUT2D eigenvalue weighted by Gasteiger charge is 2.39. The fourth-order valence-electron chi connectivity index (χ4n) is 6.02. The maximum Gasteiger partial charge on any atom is 0.416 e. The van der Waals surface area contributed by atoms with Gasteiger partial charge in [-0.2, -0.15) is 13.2 Å². The van der Waals surface area contributed by atoms with Crippen LogP contribution in [0.1, 0.15) is 97.8 Å². The van der Waals surface area contributed by atoms with Gasteiger partial charge in [0.1, 0.15) is 0 Å². The number of fused-ring (bicyclic) bond motifs is 1. The largest absolute Gasteiger partial charge is 0.416 e. The highest BCUT2D eigenvalue weighted by Crippen LogP contribution is 2.50. The Kier molecular flexibility index (Phi) is 6.44. The van der Waals surface area contributed by atoms with Gasteiger partial charge in [0.2, 0.25) is 0 Å². The molecule has 0 unspecified atom stereocenters. The Hall–Kier alpha value is -2.73. The van der Waals surface area contributed by atoms with Gasteiger partial charge in [-0.25, -0.2) is 4.39 Å². The molecule has 3 aromatic rings. The van der Waals surface area contributed by atoms with Crippen molar-refractivity contribution in [3.05, 3.63) is 88.2 Å². The second-order valence-electron chi connectivity index (χ2n) is 11.0. The third kappa shape index (κ3) is 4.68. The van der Waals surface area contributed by atoms with E-state index in [1.165, 1.54) is 12.1 Å². The van der Waals surface area contributed by atoms with Gasteiger partial charge in [-0.3, -0.25) is 4.98 Å². The summed E-state index contributed by atoms with van der Waals surface area (Å²) in [4.78, 5) is 5.05. The van der Waals surface area contributed by atoms with Crippen LogP contribution in [-0.4, -0.2) is 10.1 Å². The van der Waals surface area contributed by atoms with E-state index in [0.29, 0.717) is 35.2 Å². The second-order valence-corrected chi connectivity index (χ2v) is 11.0. The predicted molar refractivity (Wildman–Crippen MR) is 132 cm³/mol. The Labute approximate surface area is 209 Å². The summed E-state index contributed by atoms with van der Waals surface area (Å²) in [5.41, 5.74) is 3.20. The molecule has 5 rings (SSSR count). The number of aliphatic hydroxyl groups excluding tert-OH is 1. The molecule has 2 atom stereocenters. The molecule has 2 aliphatic carbocycles. The smallest absolute Gasteiger partial charge is 0.388 e. The number of pyridine rings is 1. The number of benzene rings is 2. The van der Waals surface area contributed by atoms with Gasteiger partial charge in [0.15, 0.2) is 6.17 Å². The van der Waals surface area contributed by atoms with Gasteiger partial charge in [0.05, 0.1) is 17.4 Å². The van der Waals surface area contributed by atoms with E-state index < -0.39 is 24.0 Å². The lowest BCUT2D eigenvalue weighted by atomic mass is 9.71. The normalized spacial score (nSPS) is 20.8. The van der Waals surface area contributed by atoms with Gasteiger partial charge >= 0.3 is 6.18 Å². The molecule has 36 heavy (non-hydrogen) atoms. The van der Waals surface area contributed by atoms with Gasteiger partial charge in [-0.05, 0) is 59.9 Å². The Morgan fingerprint density at radius 3 is 2.22 bits per heavy atom. The van der Waals surface area contributed by atoms with Gasteiger partial charge < -0.3 is 5.11 Å². The van der Waals surface area contributed by atoms with Crippen LogP contribution in [0.5, 0.6) is 0 Å². The lowest BCUT2D eigenvalue weighted by molar-refractivity contribution is -0.137. The summed E-state index contributed by atoms with van der Waals surface area (Å²) >= 11 is 0. The number of nitrogens with zero attached hydrogens (tertiary/aromatic N) is 1. The second kappa shape index (κ2) is 9.29. The minimum absolute atomic E-state index is 0.0858. The maximum atomic E-state index is 16.6. The molecule has 0 aliphatic heterocycles. The van der Waals surface area contributed by atoms with E-state index in [9.17, 15) is 18.3 Å². The van der Waals surface area contributed by atoms with Crippen LogP contribution in [-0.2, 0) is 12.6 Å². The van der Waals surface area contributed by atoms with Crippen LogP contribution >= 0.6 is 0 Å². The van der Waals surface area contributed by atoms with E-state index in [2.05, 4.69) is 13.8 Å². The fourth-order valence-corrected chi connectivity index (χ4v) is 6.02. The van der Waals surface area contributed by atoms with Crippen molar-refractivity contribution in [2.75, 3.05) is 0 Å². The van der Waals surface area contributed by atoms with Crippen molar-refractivity contribution in [3.63, 3.8) is 0 Å². The maximum absolute atomic E-state index is 16.6. The third-order valence-electron chi connectivity index (χ3n) is 7.69. The van der Waals surface area contributed by atoms with Crippen LogP contribution in [0.4, 0.5) is 17.6 Å². The van der Waals surface area contributed by atoms with E-state index >= 15 is 4.39 Å². The van der Waals surface area contributed by atoms with Crippen molar-refractivity contribution in [1.82, 2.24) is 4.98 Å². The third-order valence-corrected chi connectivity index (χ3v) is 7.69. The average molecular weight is 498 g/mol. The number of aliphatic hydroxyl groups is 1. The van der Waals surface area contributed by atoms with Crippen LogP contribution in [0.15, 0.2) is 54.6 Å². The molecular weight excluding hydrogens is 466 g/mol. The summed E-state index contributed by atoms with van der Waals surface area (Å²) < 4.78 is 56.1. The van der Waals surface area contributed by atoms with Crippen LogP contribution in [0.25, 0.3) is 11.1 Å². The first kappa shape index (κ1) is 24.9. The zero-order valence-electron chi connectivity index (χ0n) is 20.6. The Bertz CT molecular complexity index is 1230. The van der Waals surface area contributed by atoms with Gasteiger partial charge in [0, 0.05) is 22.7 Å². The van der Waals surface area contributed by atoms with Gasteiger partial charge in [-0.1, -0.05) is 69.2 Å². The quantitative estimate of drug-likeness (QED) is 0.367. The Morgan fingerprint density at radius 2 is 1.61 bits per heavy atom. The van der Waals surface area contributed by atoms with Crippen LogP contribution < -0.4 is 0 Å². The Morgan fingerprint density at radius 1 is 0.972 bits per heavy atom.